The Labute approximate surface area is 245 Å². The van der Waals surface area contributed by atoms with E-state index in [4.69, 9.17) is 28.5 Å². The van der Waals surface area contributed by atoms with Gasteiger partial charge in [0, 0.05) is 12.0 Å². The van der Waals surface area contributed by atoms with Crippen LogP contribution in [0.1, 0.15) is 89.7 Å². The Kier molecular flexibility index (Phi) is 9.60. The van der Waals surface area contributed by atoms with Crippen molar-refractivity contribution in [3.05, 3.63) is 40.4 Å². The van der Waals surface area contributed by atoms with E-state index < -0.39 is 5.41 Å². The van der Waals surface area contributed by atoms with Gasteiger partial charge in [0.15, 0.2) is 23.0 Å². The second-order valence-corrected chi connectivity index (χ2v) is 11.7. The molecule has 0 heterocycles. The third-order valence-corrected chi connectivity index (χ3v) is 9.53. The summed E-state index contributed by atoms with van der Waals surface area (Å²) in [6.07, 6.45) is 11.9. The molecule has 1 fully saturated rings. The van der Waals surface area contributed by atoms with Gasteiger partial charge in [-0.05, 0) is 53.9 Å². The minimum Gasteiger partial charge on any atom is -0.496 e. The van der Waals surface area contributed by atoms with Crippen molar-refractivity contribution in [2.45, 2.75) is 90.4 Å². The lowest BCUT2D eigenvalue weighted by Gasteiger charge is -2.44. The van der Waals surface area contributed by atoms with E-state index in [-0.39, 0.29) is 11.4 Å². The Morgan fingerprint density at radius 1 is 0.927 bits per heavy atom. The largest absolute Gasteiger partial charge is 0.496 e. The SMILES string of the molecule is CCCCCCCCCC(=O)O/N=C1\C=C2C[C@H](C)[C@@]3(C)Cc4cc(OC)c(OC)c(OC)c4C23C(OC)=C1OC. The van der Waals surface area contributed by atoms with Crippen molar-refractivity contribution in [1.29, 1.82) is 0 Å². The Morgan fingerprint density at radius 3 is 2.22 bits per heavy atom. The third kappa shape index (κ3) is 4.97. The van der Waals surface area contributed by atoms with Gasteiger partial charge >= 0.3 is 5.97 Å². The molecule has 3 aliphatic carbocycles. The first-order valence-electron chi connectivity index (χ1n) is 14.9. The molecule has 0 bridgehead atoms. The molecule has 41 heavy (non-hydrogen) atoms. The molecule has 0 aliphatic heterocycles. The highest BCUT2D eigenvalue weighted by molar-refractivity contribution is 6.10. The van der Waals surface area contributed by atoms with Gasteiger partial charge in [0.05, 0.1) is 41.0 Å². The first kappa shape index (κ1) is 30.8. The average molecular weight is 570 g/mol. The van der Waals surface area contributed by atoms with Gasteiger partial charge in [-0.1, -0.05) is 64.5 Å². The lowest BCUT2D eigenvalue weighted by Crippen LogP contribution is -2.45. The summed E-state index contributed by atoms with van der Waals surface area (Å²) in [5.74, 6) is 2.83. The fraction of sp³-hybridized carbons (Fsp3) is 0.636. The first-order chi connectivity index (χ1) is 19.8. The monoisotopic (exact) mass is 569 g/mol. The minimum atomic E-state index is -0.673. The zero-order valence-electron chi connectivity index (χ0n) is 26.1. The van der Waals surface area contributed by atoms with Crippen molar-refractivity contribution in [1.82, 2.24) is 0 Å². The molecule has 1 aromatic rings. The molecule has 0 saturated heterocycles. The number of allylic oxidation sites excluding steroid dienone is 2. The van der Waals surface area contributed by atoms with Crippen LogP contribution in [0.2, 0.25) is 0 Å². The summed E-state index contributed by atoms with van der Waals surface area (Å²) in [6, 6.07) is 2.05. The van der Waals surface area contributed by atoms with Crippen LogP contribution in [0, 0.1) is 11.3 Å². The van der Waals surface area contributed by atoms with Crippen molar-refractivity contribution in [3.8, 4) is 17.2 Å². The van der Waals surface area contributed by atoms with Gasteiger partial charge in [-0.25, -0.2) is 4.79 Å². The van der Waals surface area contributed by atoms with Gasteiger partial charge in [-0.2, -0.15) is 0 Å². The average Bonchev–Trinajstić information content (AvgIpc) is 3.36. The van der Waals surface area contributed by atoms with E-state index in [9.17, 15) is 4.79 Å². The molecule has 1 saturated carbocycles. The van der Waals surface area contributed by atoms with Crippen molar-refractivity contribution >= 4 is 11.7 Å². The molecule has 3 atom stereocenters. The van der Waals surface area contributed by atoms with Gasteiger partial charge < -0.3 is 28.5 Å². The van der Waals surface area contributed by atoms with Crippen LogP contribution >= 0.6 is 0 Å². The molecule has 1 unspecified atom stereocenters. The normalized spacial score (nSPS) is 25.3. The predicted molar refractivity (Wildman–Crippen MR) is 159 cm³/mol. The molecular weight excluding hydrogens is 522 g/mol. The van der Waals surface area contributed by atoms with E-state index >= 15 is 0 Å². The van der Waals surface area contributed by atoms with Gasteiger partial charge in [0.1, 0.15) is 5.71 Å². The van der Waals surface area contributed by atoms with E-state index in [0.717, 1.165) is 48.8 Å². The standard InChI is InChI=1S/C33H47NO7/c1-9-10-11-12-13-14-15-16-26(35)41-34-24-19-23-17-21(2)32(3)20-22-18-25(36-4)29(38-6)30(39-7)27(22)33(23,32)31(40-8)28(24)37-5/h18-19,21H,9-17,20H2,1-8H3/b34-24+/t21-,32+,33?/m0/s1. The fourth-order valence-electron chi connectivity index (χ4n) is 7.44. The van der Waals surface area contributed by atoms with Gasteiger partial charge in [0.25, 0.3) is 0 Å². The molecule has 3 aliphatic rings. The molecule has 8 nitrogen and oxygen atoms in total. The number of oxime groups is 1. The molecule has 0 N–H and O–H groups in total. The number of fused-ring (bicyclic) bond motifs is 1. The third-order valence-electron chi connectivity index (χ3n) is 9.53. The van der Waals surface area contributed by atoms with Crippen molar-refractivity contribution in [3.63, 3.8) is 0 Å². The molecular formula is C33H47NO7. The van der Waals surface area contributed by atoms with E-state index in [1.165, 1.54) is 25.7 Å². The second-order valence-electron chi connectivity index (χ2n) is 11.7. The molecule has 8 heteroatoms. The number of nitrogens with zero attached hydrogens (tertiary/aromatic N) is 1. The van der Waals surface area contributed by atoms with Crippen LogP contribution in [0.25, 0.3) is 0 Å². The smallest absolute Gasteiger partial charge is 0.335 e. The summed E-state index contributed by atoms with van der Waals surface area (Å²) in [6.45, 7) is 6.78. The summed E-state index contributed by atoms with van der Waals surface area (Å²) >= 11 is 0. The maximum atomic E-state index is 12.6. The predicted octanol–water partition coefficient (Wildman–Crippen LogP) is 7.04. The van der Waals surface area contributed by atoms with Crippen LogP contribution in [0.15, 0.2) is 34.4 Å². The molecule has 0 aromatic heterocycles. The van der Waals surface area contributed by atoms with Gasteiger partial charge in [0.2, 0.25) is 5.75 Å². The highest BCUT2D eigenvalue weighted by Gasteiger charge is 2.69. The Bertz CT molecular complexity index is 1230. The molecule has 0 radical (unpaired) electrons. The number of hydrogen-bond acceptors (Lipinski definition) is 8. The summed E-state index contributed by atoms with van der Waals surface area (Å²) < 4.78 is 29.7. The minimum absolute atomic E-state index is 0.250. The highest BCUT2D eigenvalue weighted by Crippen LogP contribution is 2.73. The maximum absolute atomic E-state index is 12.6. The van der Waals surface area contributed by atoms with Crippen LogP contribution in [-0.2, 0) is 30.9 Å². The van der Waals surface area contributed by atoms with Crippen LogP contribution in [0.3, 0.4) is 0 Å². The number of benzene rings is 1. The number of carbonyl (C=O) groups excluding carboxylic acids is 1. The first-order valence-corrected chi connectivity index (χ1v) is 14.9. The zero-order valence-corrected chi connectivity index (χ0v) is 26.1. The highest BCUT2D eigenvalue weighted by atomic mass is 16.7. The van der Waals surface area contributed by atoms with E-state index in [1.807, 2.05) is 12.1 Å². The van der Waals surface area contributed by atoms with E-state index in [1.54, 1.807) is 35.5 Å². The zero-order chi connectivity index (χ0) is 29.8. The molecule has 1 spiro atoms. The Morgan fingerprint density at radius 2 is 1.61 bits per heavy atom. The van der Waals surface area contributed by atoms with Crippen LogP contribution < -0.4 is 14.2 Å². The molecule has 226 valence electrons. The molecule has 4 rings (SSSR count). The quantitative estimate of drug-likeness (QED) is 0.135. The number of carbonyl (C=O) groups is 1. The Balaban J connectivity index is 1.71. The number of unbranched alkanes of at least 4 members (excludes halogenated alkanes) is 6. The maximum Gasteiger partial charge on any atom is 0.335 e. The number of rotatable bonds is 14. The molecule has 1 aromatic carbocycles. The van der Waals surface area contributed by atoms with Crippen molar-refractivity contribution in [2.75, 3.05) is 35.5 Å². The van der Waals surface area contributed by atoms with E-state index in [0.29, 0.717) is 46.8 Å². The van der Waals surface area contributed by atoms with Crippen LogP contribution in [0.4, 0.5) is 0 Å². The molecule has 0 amide bonds. The fourth-order valence-corrected chi connectivity index (χ4v) is 7.44. The van der Waals surface area contributed by atoms with Gasteiger partial charge in [-0.15, -0.1) is 0 Å². The van der Waals surface area contributed by atoms with Gasteiger partial charge in [-0.3, -0.25) is 0 Å². The number of ether oxygens (including phenoxy) is 5. The van der Waals surface area contributed by atoms with Crippen LogP contribution in [0.5, 0.6) is 17.2 Å². The summed E-state index contributed by atoms with van der Waals surface area (Å²) in [4.78, 5) is 18.0. The lowest BCUT2D eigenvalue weighted by atomic mass is 9.60. The van der Waals surface area contributed by atoms with Crippen molar-refractivity contribution in [2.24, 2.45) is 16.5 Å². The van der Waals surface area contributed by atoms with Crippen molar-refractivity contribution < 1.29 is 33.3 Å². The van der Waals surface area contributed by atoms with E-state index in [2.05, 4.69) is 25.9 Å². The summed E-state index contributed by atoms with van der Waals surface area (Å²) in [5, 5.41) is 4.30. The number of hydrogen-bond donors (Lipinski definition) is 0. The summed E-state index contributed by atoms with van der Waals surface area (Å²) in [5.41, 5.74) is 2.76. The summed E-state index contributed by atoms with van der Waals surface area (Å²) in [7, 11) is 8.16. The second kappa shape index (κ2) is 12.8. The van der Waals surface area contributed by atoms with Crippen LogP contribution in [-0.4, -0.2) is 47.2 Å². The Hall–Kier alpha value is -3.16. The number of methoxy groups -OCH3 is 5. The lowest BCUT2D eigenvalue weighted by molar-refractivity contribution is -0.143. The topological polar surface area (TPSA) is 84.8 Å².